The Bertz CT molecular complexity index is 1060. The van der Waals surface area contributed by atoms with Crippen LogP contribution >= 0.6 is 0 Å². The quantitative estimate of drug-likeness (QED) is 0.0263. The molecule has 0 aromatic heterocycles. The molecular weight excluding hydrogens is 745 g/mol. The molecule has 6 heteroatoms. The Morgan fingerprint density at radius 2 is 0.600 bits per heavy atom. The number of rotatable bonds is 46. The minimum Gasteiger partial charge on any atom is -0.462 e. The maximum atomic E-state index is 12.8. The average Bonchev–Trinajstić information content (AvgIpc) is 3.24. The van der Waals surface area contributed by atoms with E-state index in [1.54, 1.807) is 0 Å². The summed E-state index contributed by atoms with van der Waals surface area (Å²) in [6, 6.07) is 0. The number of hydrogen-bond donors (Lipinski definition) is 0. The van der Waals surface area contributed by atoms with Gasteiger partial charge >= 0.3 is 17.9 Å². The van der Waals surface area contributed by atoms with E-state index in [9.17, 15) is 14.4 Å². The maximum absolute atomic E-state index is 12.8. The number of unbranched alkanes of at least 4 members (excludes halogenated alkanes) is 27. The van der Waals surface area contributed by atoms with Gasteiger partial charge in [-0.05, 0) is 83.5 Å². The Kier molecular flexibility index (Phi) is 46.9. The zero-order valence-electron chi connectivity index (χ0n) is 39.7. The fraction of sp³-hybridized carbons (Fsp3) is 0.796. The molecule has 1 atom stereocenters. The van der Waals surface area contributed by atoms with Crippen molar-refractivity contribution in [2.24, 2.45) is 0 Å². The van der Waals surface area contributed by atoms with E-state index < -0.39 is 6.10 Å². The van der Waals surface area contributed by atoms with Gasteiger partial charge in [-0.1, -0.05) is 204 Å². The van der Waals surface area contributed by atoms with Crippen LogP contribution in [0.25, 0.3) is 0 Å². The third-order valence-corrected chi connectivity index (χ3v) is 11.1. The molecule has 0 heterocycles. The summed E-state index contributed by atoms with van der Waals surface area (Å²) >= 11 is 0. The highest BCUT2D eigenvalue weighted by Crippen LogP contribution is 2.15. The Balaban J connectivity index is 4.44. The molecule has 60 heavy (non-hydrogen) atoms. The molecule has 0 rings (SSSR count). The van der Waals surface area contributed by atoms with E-state index in [4.69, 9.17) is 14.2 Å². The summed E-state index contributed by atoms with van der Waals surface area (Å²) in [7, 11) is 0. The molecule has 0 aromatic rings. The minimum atomic E-state index is -0.789. The van der Waals surface area contributed by atoms with Crippen LogP contribution in [0.15, 0.2) is 48.6 Å². The molecule has 6 nitrogen and oxygen atoms in total. The van der Waals surface area contributed by atoms with Crippen LogP contribution in [-0.2, 0) is 28.6 Å². The van der Waals surface area contributed by atoms with Crippen molar-refractivity contribution in [3.05, 3.63) is 48.6 Å². The monoisotopic (exact) mass is 841 g/mol. The lowest BCUT2D eigenvalue weighted by molar-refractivity contribution is -0.167. The first kappa shape index (κ1) is 57.4. The van der Waals surface area contributed by atoms with Crippen molar-refractivity contribution in [3.63, 3.8) is 0 Å². The third-order valence-electron chi connectivity index (χ3n) is 11.1. The fourth-order valence-corrected chi connectivity index (χ4v) is 7.15. The van der Waals surface area contributed by atoms with E-state index in [0.29, 0.717) is 19.3 Å². The van der Waals surface area contributed by atoms with Gasteiger partial charge in [-0.2, -0.15) is 0 Å². The number of carbonyl (C=O) groups excluding carboxylic acids is 3. The molecule has 0 amide bonds. The smallest absolute Gasteiger partial charge is 0.306 e. The molecule has 0 aromatic carbocycles. The summed E-state index contributed by atoms with van der Waals surface area (Å²) in [4.78, 5) is 37.9. The van der Waals surface area contributed by atoms with E-state index in [0.717, 1.165) is 83.5 Å². The van der Waals surface area contributed by atoms with Crippen molar-refractivity contribution in [2.75, 3.05) is 13.2 Å². The van der Waals surface area contributed by atoms with Crippen LogP contribution in [0.5, 0.6) is 0 Å². The Hall–Kier alpha value is -2.63. The summed E-state index contributed by atoms with van der Waals surface area (Å²) in [5, 5.41) is 0. The van der Waals surface area contributed by atoms with E-state index >= 15 is 0 Å². The summed E-state index contributed by atoms with van der Waals surface area (Å²) in [5.41, 5.74) is 0. The molecule has 0 bridgehead atoms. The molecule has 0 radical (unpaired) electrons. The lowest BCUT2D eigenvalue weighted by atomic mass is 10.0. The molecule has 0 unspecified atom stereocenters. The van der Waals surface area contributed by atoms with Gasteiger partial charge in [0.2, 0.25) is 0 Å². The SMILES string of the molecule is CCCCC/C=C\C/C=C\C/C=C\CCCCC(=O)OC[C@@H](COC(=O)CCCCCCCCCCCCCCC)OC(=O)CCCCCCC/C=C\CCCCCCC. The standard InChI is InChI=1S/C54H96O6/c1-4-7-10-13-16-19-22-25-27-30-32-35-38-41-44-47-53(56)59-50-51(49-58-52(55)46-43-40-37-34-31-28-24-21-18-15-12-9-6-3)60-54(57)48-45-42-39-36-33-29-26-23-20-17-14-11-8-5-2/h16,19,23,25-27,32,35,51H,4-15,17-18,20-22,24,28-31,33-34,36-50H2,1-3H3/b19-16-,26-23-,27-25-,35-32-/t51-/m1/s1. The number of esters is 3. The normalized spacial score (nSPS) is 12.4. The largest absolute Gasteiger partial charge is 0.462 e. The second-order valence-electron chi connectivity index (χ2n) is 17.1. The van der Waals surface area contributed by atoms with Gasteiger partial charge in [-0.25, -0.2) is 0 Å². The lowest BCUT2D eigenvalue weighted by Crippen LogP contribution is -2.30. The first-order valence-electron chi connectivity index (χ1n) is 25.6. The van der Waals surface area contributed by atoms with Gasteiger partial charge < -0.3 is 14.2 Å². The first-order valence-corrected chi connectivity index (χ1v) is 25.6. The van der Waals surface area contributed by atoms with Crippen molar-refractivity contribution in [1.82, 2.24) is 0 Å². The first-order chi connectivity index (χ1) is 29.5. The van der Waals surface area contributed by atoms with Gasteiger partial charge in [0, 0.05) is 19.3 Å². The van der Waals surface area contributed by atoms with Gasteiger partial charge in [0.05, 0.1) is 0 Å². The van der Waals surface area contributed by atoms with E-state index in [2.05, 4.69) is 69.4 Å². The molecule has 0 saturated heterocycles. The fourth-order valence-electron chi connectivity index (χ4n) is 7.15. The van der Waals surface area contributed by atoms with Gasteiger partial charge in [0.25, 0.3) is 0 Å². The Labute approximate surface area is 371 Å². The summed E-state index contributed by atoms with van der Waals surface area (Å²) in [6.07, 6.45) is 58.0. The number of allylic oxidation sites excluding steroid dienone is 8. The molecule has 0 spiro atoms. The highest BCUT2D eigenvalue weighted by molar-refractivity contribution is 5.71. The van der Waals surface area contributed by atoms with Crippen molar-refractivity contribution in [3.8, 4) is 0 Å². The topological polar surface area (TPSA) is 78.9 Å². The predicted octanol–water partition coefficient (Wildman–Crippen LogP) is 16.7. The lowest BCUT2D eigenvalue weighted by Gasteiger charge is -2.18. The second-order valence-corrected chi connectivity index (χ2v) is 17.1. The molecule has 0 N–H and O–H groups in total. The molecule has 348 valence electrons. The zero-order valence-corrected chi connectivity index (χ0v) is 39.7. The predicted molar refractivity (Wildman–Crippen MR) is 256 cm³/mol. The van der Waals surface area contributed by atoms with Crippen LogP contribution in [0.4, 0.5) is 0 Å². The molecule has 0 aliphatic rings. The summed E-state index contributed by atoms with van der Waals surface area (Å²) < 4.78 is 16.8. The number of ether oxygens (including phenoxy) is 3. The Morgan fingerprint density at radius 1 is 0.333 bits per heavy atom. The molecule has 0 saturated carbocycles. The van der Waals surface area contributed by atoms with Crippen LogP contribution in [-0.4, -0.2) is 37.2 Å². The van der Waals surface area contributed by atoms with Crippen molar-refractivity contribution < 1.29 is 28.6 Å². The van der Waals surface area contributed by atoms with E-state index in [-0.39, 0.29) is 31.1 Å². The Morgan fingerprint density at radius 3 is 1.02 bits per heavy atom. The summed E-state index contributed by atoms with van der Waals surface area (Å²) in [6.45, 7) is 6.57. The van der Waals surface area contributed by atoms with Gasteiger partial charge in [0.15, 0.2) is 6.10 Å². The number of carbonyl (C=O) groups is 3. The van der Waals surface area contributed by atoms with Gasteiger partial charge in [0.1, 0.15) is 13.2 Å². The van der Waals surface area contributed by atoms with Crippen molar-refractivity contribution in [1.29, 1.82) is 0 Å². The minimum absolute atomic E-state index is 0.0863. The number of hydrogen-bond acceptors (Lipinski definition) is 6. The molecule has 0 aliphatic heterocycles. The van der Waals surface area contributed by atoms with Crippen LogP contribution in [0, 0.1) is 0 Å². The van der Waals surface area contributed by atoms with Crippen LogP contribution in [0.2, 0.25) is 0 Å². The summed E-state index contributed by atoms with van der Waals surface area (Å²) in [5.74, 6) is -0.928. The van der Waals surface area contributed by atoms with Crippen LogP contribution < -0.4 is 0 Å². The van der Waals surface area contributed by atoms with Gasteiger partial charge in [-0.15, -0.1) is 0 Å². The molecule has 0 aliphatic carbocycles. The zero-order chi connectivity index (χ0) is 43.7. The molecule has 0 fully saturated rings. The molecular formula is C54H96O6. The highest BCUT2D eigenvalue weighted by atomic mass is 16.6. The van der Waals surface area contributed by atoms with E-state index in [1.165, 1.54) is 135 Å². The highest BCUT2D eigenvalue weighted by Gasteiger charge is 2.19. The van der Waals surface area contributed by atoms with Crippen molar-refractivity contribution >= 4 is 17.9 Å². The van der Waals surface area contributed by atoms with Crippen LogP contribution in [0.1, 0.15) is 258 Å². The second kappa shape index (κ2) is 49.0. The van der Waals surface area contributed by atoms with Gasteiger partial charge in [-0.3, -0.25) is 14.4 Å². The third kappa shape index (κ3) is 46.4. The average molecular weight is 841 g/mol. The van der Waals surface area contributed by atoms with E-state index in [1.807, 2.05) is 0 Å². The van der Waals surface area contributed by atoms with Crippen molar-refractivity contribution in [2.45, 2.75) is 264 Å². The maximum Gasteiger partial charge on any atom is 0.306 e. The van der Waals surface area contributed by atoms with Crippen LogP contribution in [0.3, 0.4) is 0 Å².